The largest absolute Gasteiger partial charge is 0.461 e. The molecule has 3 N–H and O–H groups in total. The Kier molecular flexibility index (Phi) is 7.56. The van der Waals surface area contributed by atoms with Crippen molar-refractivity contribution in [3.8, 4) is 0 Å². The molecule has 0 spiro atoms. The number of ketones is 1. The first-order valence-electron chi connectivity index (χ1n) is 13.2. The number of hydrogen-bond acceptors (Lipinski definition) is 9. The molecule has 37 heavy (non-hydrogen) atoms. The zero-order valence-corrected chi connectivity index (χ0v) is 23.0. The zero-order valence-electron chi connectivity index (χ0n) is 22.2. The second-order valence-corrected chi connectivity index (χ2v) is 12.9. The van der Waals surface area contributed by atoms with Gasteiger partial charge in [-0.15, -0.1) is 18.3 Å². The number of carbonyl (C=O) groups excluding carboxylic acids is 2. The second-order valence-electron chi connectivity index (χ2n) is 11.9. The molecule has 0 saturated heterocycles. The van der Waals surface area contributed by atoms with Crippen LogP contribution < -0.4 is 16.2 Å². The van der Waals surface area contributed by atoms with Gasteiger partial charge in [0.25, 0.3) is 5.43 Å². The van der Waals surface area contributed by atoms with E-state index in [1.54, 1.807) is 6.08 Å². The molecule has 3 saturated carbocycles. The first-order valence-corrected chi connectivity index (χ1v) is 14.2. The van der Waals surface area contributed by atoms with E-state index in [1.807, 2.05) is 6.92 Å². The maximum Gasteiger partial charge on any atom is 0.316 e. The Balaban J connectivity index is 1.64. The molecule has 3 fully saturated rings. The topological polar surface area (TPSA) is 130 Å². The van der Waals surface area contributed by atoms with E-state index in [4.69, 9.17) is 9.84 Å². The molecule has 8 nitrogen and oxygen atoms in total. The number of esters is 1. The van der Waals surface area contributed by atoms with Crippen molar-refractivity contribution >= 4 is 29.2 Å². The van der Waals surface area contributed by atoms with E-state index in [1.165, 1.54) is 0 Å². The van der Waals surface area contributed by atoms with Crippen LogP contribution in [0.4, 0.5) is 5.69 Å². The molecule has 0 aromatic heterocycles. The van der Waals surface area contributed by atoms with Gasteiger partial charge in [-0.25, -0.2) is 0 Å². The van der Waals surface area contributed by atoms with E-state index in [-0.39, 0.29) is 58.4 Å². The van der Waals surface area contributed by atoms with Gasteiger partial charge >= 0.3 is 5.97 Å². The lowest BCUT2D eigenvalue weighted by molar-refractivity contribution is -0.205. The SMILES string of the molecule is C=C[C@]1(C)C[C@@H](OC(=O)CSc2c(NCCO)c(=O)c2=O)[C@]2(C)[C@H](C)CC[C@]3(CCC(=O)[C@H]32)[C@@H](C)[C@@H]1O. The average Bonchev–Trinajstić information content (AvgIpc) is 3.23. The molecule has 3 aliphatic rings. The molecule has 8 atom stereocenters. The minimum Gasteiger partial charge on any atom is -0.461 e. The Morgan fingerprint density at radius 2 is 1.92 bits per heavy atom. The third kappa shape index (κ3) is 4.21. The fourth-order valence-corrected chi connectivity index (χ4v) is 8.54. The quantitative estimate of drug-likeness (QED) is 0.200. The number of nitrogens with one attached hydrogen (secondary N) is 1. The van der Waals surface area contributed by atoms with Crippen LogP contribution >= 0.6 is 11.8 Å². The van der Waals surface area contributed by atoms with Crippen LogP contribution in [0.5, 0.6) is 0 Å². The third-order valence-corrected chi connectivity index (χ3v) is 11.2. The van der Waals surface area contributed by atoms with Crippen LogP contribution in [0.1, 0.15) is 59.8 Å². The van der Waals surface area contributed by atoms with E-state index in [0.29, 0.717) is 12.8 Å². The molecule has 0 unspecified atom stereocenters. The Labute approximate surface area is 221 Å². The third-order valence-electron chi connectivity index (χ3n) is 10.2. The maximum absolute atomic E-state index is 13.5. The van der Waals surface area contributed by atoms with Crippen molar-refractivity contribution < 1.29 is 24.5 Å². The fourth-order valence-electron chi connectivity index (χ4n) is 7.68. The summed E-state index contributed by atoms with van der Waals surface area (Å²) in [5.74, 6) is -0.819. The smallest absolute Gasteiger partial charge is 0.316 e. The molecular weight excluding hydrogens is 494 g/mol. The molecule has 2 bridgehead atoms. The van der Waals surface area contributed by atoms with Crippen LogP contribution in [-0.2, 0) is 14.3 Å². The van der Waals surface area contributed by atoms with Gasteiger partial charge in [0, 0.05) is 29.7 Å². The summed E-state index contributed by atoms with van der Waals surface area (Å²) in [6, 6.07) is 0. The molecule has 4 rings (SSSR count). The molecule has 1 aromatic rings. The number of thioether (sulfide) groups is 1. The number of hydrogen-bond donors (Lipinski definition) is 3. The van der Waals surface area contributed by atoms with Crippen molar-refractivity contribution in [3.63, 3.8) is 0 Å². The molecule has 0 radical (unpaired) electrons. The summed E-state index contributed by atoms with van der Waals surface area (Å²) in [6.07, 6.45) is 3.66. The highest BCUT2D eigenvalue weighted by molar-refractivity contribution is 8.00. The van der Waals surface area contributed by atoms with Gasteiger partial charge < -0.3 is 20.3 Å². The number of aliphatic hydroxyl groups is 2. The van der Waals surface area contributed by atoms with Crippen molar-refractivity contribution in [3.05, 3.63) is 33.1 Å². The highest BCUT2D eigenvalue weighted by atomic mass is 32.2. The molecule has 0 aliphatic heterocycles. The molecule has 204 valence electrons. The van der Waals surface area contributed by atoms with Crippen molar-refractivity contribution in [2.75, 3.05) is 24.2 Å². The van der Waals surface area contributed by atoms with Gasteiger partial charge in [-0.3, -0.25) is 19.2 Å². The van der Waals surface area contributed by atoms with Gasteiger partial charge in [0.15, 0.2) is 0 Å². The van der Waals surface area contributed by atoms with Gasteiger partial charge in [-0.05, 0) is 42.9 Å². The summed E-state index contributed by atoms with van der Waals surface area (Å²) >= 11 is 0.942. The van der Waals surface area contributed by atoms with Crippen LogP contribution in [0, 0.1) is 34.0 Å². The van der Waals surface area contributed by atoms with Gasteiger partial charge in [0.1, 0.15) is 17.6 Å². The number of rotatable bonds is 8. The standard InChI is InChI=1S/C28H39NO7S/c1-6-26(4)13-18(36-19(32)14-37-23-20(29-11-12-30)21(33)22(23)34)27(5)15(2)7-9-28(16(3)25(26)35)10-8-17(31)24(27)28/h6,15-16,18,24-25,29-30,35H,1,7-14H2,2-5H3/t15-,16+,18-,24+,25+,26-,27+,28+/m1/s1. The minimum absolute atomic E-state index is 0.107. The van der Waals surface area contributed by atoms with Crippen LogP contribution in [0.3, 0.4) is 0 Å². The van der Waals surface area contributed by atoms with E-state index in [9.17, 15) is 24.3 Å². The van der Waals surface area contributed by atoms with E-state index in [2.05, 4.69) is 32.7 Å². The highest BCUT2D eigenvalue weighted by Crippen LogP contribution is 2.68. The summed E-state index contributed by atoms with van der Waals surface area (Å²) in [7, 11) is 0. The van der Waals surface area contributed by atoms with Gasteiger partial charge in [0.05, 0.1) is 23.4 Å². The summed E-state index contributed by atoms with van der Waals surface area (Å²) < 4.78 is 6.17. The number of anilines is 1. The average molecular weight is 534 g/mol. The fraction of sp³-hybridized carbons (Fsp3) is 0.714. The van der Waals surface area contributed by atoms with Crippen LogP contribution in [0.15, 0.2) is 27.1 Å². The van der Waals surface area contributed by atoms with Crippen molar-refractivity contribution in [2.45, 2.75) is 76.9 Å². The second kappa shape index (κ2) is 9.97. The van der Waals surface area contributed by atoms with Gasteiger partial charge in [-0.2, -0.15) is 0 Å². The van der Waals surface area contributed by atoms with E-state index < -0.39 is 39.9 Å². The molecule has 0 amide bonds. The monoisotopic (exact) mass is 533 g/mol. The first-order chi connectivity index (χ1) is 17.4. The number of aliphatic hydroxyl groups excluding tert-OH is 2. The van der Waals surface area contributed by atoms with E-state index in [0.717, 1.165) is 31.0 Å². The Hall–Kier alpha value is -1.97. The lowest BCUT2D eigenvalue weighted by atomic mass is 9.44. The highest BCUT2D eigenvalue weighted by Gasteiger charge is 2.68. The Morgan fingerprint density at radius 3 is 2.57 bits per heavy atom. The molecule has 9 heteroatoms. The lowest BCUT2D eigenvalue weighted by Crippen LogP contribution is -2.63. The predicted molar refractivity (Wildman–Crippen MR) is 142 cm³/mol. The lowest BCUT2D eigenvalue weighted by Gasteiger charge is -2.61. The summed E-state index contributed by atoms with van der Waals surface area (Å²) in [4.78, 5) is 50.7. The maximum atomic E-state index is 13.5. The Morgan fingerprint density at radius 1 is 1.22 bits per heavy atom. The van der Waals surface area contributed by atoms with Crippen molar-refractivity contribution in [2.24, 2.45) is 34.0 Å². The normalized spacial score (nSPS) is 39.5. The first kappa shape index (κ1) is 28.0. The van der Waals surface area contributed by atoms with Crippen LogP contribution in [0.25, 0.3) is 0 Å². The van der Waals surface area contributed by atoms with Gasteiger partial charge in [0.2, 0.25) is 5.43 Å². The predicted octanol–water partition coefficient (Wildman–Crippen LogP) is 2.69. The van der Waals surface area contributed by atoms with Crippen molar-refractivity contribution in [1.82, 2.24) is 0 Å². The molecule has 3 aliphatic carbocycles. The van der Waals surface area contributed by atoms with Gasteiger partial charge in [-0.1, -0.05) is 33.8 Å². The summed E-state index contributed by atoms with van der Waals surface area (Å²) in [5, 5.41) is 23.3. The number of carbonyl (C=O) groups is 2. The number of Topliss-reactive ketones (excluding diaryl/α,β-unsaturated/α-hetero) is 1. The van der Waals surface area contributed by atoms with E-state index >= 15 is 0 Å². The molecular formula is C28H39NO7S. The summed E-state index contributed by atoms with van der Waals surface area (Å²) in [6.45, 7) is 12.1. The minimum atomic E-state index is -0.740. The van der Waals surface area contributed by atoms with Crippen LogP contribution in [0.2, 0.25) is 0 Å². The molecule has 1 aromatic carbocycles. The summed E-state index contributed by atoms with van der Waals surface area (Å²) in [5.41, 5.74) is -2.88. The zero-order chi connectivity index (χ0) is 27.3. The van der Waals surface area contributed by atoms with Crippen LogP contribution in [-0.4, -0.2) is 53.1 Å². The number of ether oxygens (including phenoxy) is 1. The molecule has 0 heterocycles. The Bertz CT molecular complexity index is 1160. The van der Waals surface area contributed by atoms with Crippen molar-refractivity contribution in [1.29, 1.82) is 0 Å².